The van der Waals surface area contributed by atoms with Crippen LogP contribution in [-0.2, 0) is 25.6 Å². The summed E-state index contributed by atoms with van der Waals surface area (Å²) < 4.78 is 24.7. The second-order valence-electron chi connectivity index (χ2n) is 7.90. The van der Waals surface area contributed by atoms with Crippen LogP contribution in [0.4, 0.5) is 0 Å². The molecule has 0 radical (unpaired) electrons. The van der Waals surface area contributed by atoms with Crippen LogP contribution in [0.5, 0.6) is 0 Å². The van der Waals surface area contributed by atoms with E-state index in [1.165, 1.54) is 0 Å². The quantitative estimate of drug-likeness (QED) is 0.594. The number of thioether (sulfide) groups is 1. The lowest BCUT2D eigenvalue weighted by Gasteiger charge is -2.47. The number of benzene rings is 3. The maximum atomic E-state index is 11.4. The lowest BCUT2D eigenvalue weighted by Crippen LogP contribution is -2.61. The van der Waals surface area contributed by atoms with E-state index in [1.807, 2.05) is 91.0 Å². The third-order valence-electron chi connectivity index (χ3n) is 5.66. The Bertz CT molecular complexity index is 971. The minimum Gasteiger partial charge on any atom is -0.387 e. The molecule has 6 heteroatoms. The van der Waals surface area contributed by atoms with E-state index in [1.54, 1.807) is 11.8 Å². The molecule has 2 fully saturated rings. The lowest BCUT2D eigenvalue weighted by molar-refractivity contribution is -0.322. The molecule has 32 heavy (non-hydrogen) atoms. The number of hydrogen-bond donors (Lipinski definition) is 1. The fourth-order valence-corrected chi connectivity index (χ4v) is 5.17. The van der Waals surface area contributed by atoms with Crippen LogP contribution in [-0.4, -0.2) is 41.6 Å². The molecule has 5 nitrogen and oxygen atoms in total. The summed E-state index contributed by atoms with van der Waals surface area (Å²) in [6, 6.07) is 29.7. The Kier molecular flexibility index (Phi) is 6.88. The van der Waals surface area contributed by atoms with Crippen LogP contribution in [0.3, 0.4) is 0 Å². The average molecular weight is 451 g/mol. The highest BCUT2D eigenvalue weighted by atomic mass is 32.2. The van der Waals surface area contributed by atoms with E-state index in [4.69, 9.17) is 18.9 Å². The summed E-state index contributed by atoms with van der Waals surface area (Å²) in [5.74, 6) is 0. The van der Waals surface area contributed by atoms with Crippen LogP contribution in [0.15, 0.2) is 95.9 Å². The number of rotatable bonds is 6. The Morgan fingerprint density at radius 1 is 0.844 bits per heavy atom. The van der Waals surface area contributed by atoms with E-state index in [-0.39, 0.29) is 6.10 Å². The molecule has 166 valence electrons. The molecule has 0 bridgehead atoms. The van der Waals surface area contributed by atoms with Crippen LogP contribution >= 0.6 is 11.8 Å². The van der Waals surface area contributed by atoms with Crippen molar-refractivity contribution in [2.75, 3.05) is 6.61 Å². The van der Waals surface area contributed by atoms with Gasteiger partial charge in [-0.3, -0.25) is 0 Å². The van der Waals surface area contributed by atoms with E-state index in [9.17, 15) is 5.11 Å². The minimum absolute atomic E-state index is 0.346. The van der Waals surface area contributed by atoms with E-state index in [0.29, 0.717) is 13.2 Å². The number of ether oxygens (including phenoxy) is 4. The summed E-state index contributed by atoms with van der Waals surface area (Å²) in [7, 11) is 0. The summed E-state index contributed by atoms with van der Waals surface area (Å²) >= 11 is 1.55. The molecule has 0 aromatic heterocycles. The van der Waals surface area contributed by atoms with Crippen molar-refractivity contribution >= 4 is 11.8 Å². The first kappa shape index (κ1) is 21.6. The van der Waals surface area contributed by atoms with Gasteiger partial charge in [-0.25, -0.2) is 0 Å². The molecule has 0 aliphatic carbocycles. The largest absolute Gasteiger partial charge is 0.387 e. The molecule has 1 N–H and O–H groups in total. The Hall–Kier alpha value is -2.19. The molecular weight excluding hydrogens is 424 g/mol. The van der Waals surface area contributed by atoms with Gasteiger partial charge in [0.05, 0.1) is 13.2 Å². The predicted octanol–water partition coefficient (Wildman–Crippen LogP) is 4.56. The van der Waals surface area contributed by atoms with Gasteiger partial charge in [-0.15, -0.1) is 0 Å². The van der Waals surface area contributed by atoms with E-state index < -0.39 is 30.0 Å². The maximum Gasteiger partial charge on any atom is 0.184 e. The van der Waals surface area contributed by atoms with Crippen molar-refractivity contribution in [1.82, 2.24) is 0 Å². The van der Waals surface area contributed by atoms with Crippen LogP contribution < -0.4 is 0 Å². The van der Waals surface area contributed by atoms with Crippen LogP contribution in [0.25, 0.3) is 0 Å². The van der Waals surface area contributed by atoms with Gasteiger partial charge in [-0.05, 0) is 17.7 Å². The molecule has 6 atom stereocenters. The van der Waals surface area contributed by atoms with Crippen molar-refractivity contribution in [3.63, 3.8) is 0 Å². The molecule has 2 heterocycles. The molecule has 2 saturated heterocycles. The van der Waals surface area contributed by atoms with Crippen LogP contribution in [0.1, 0.15) is 17.4 Å². The number of aliphatic hydroxyl groups excluding tert-OH is 1. The number of aliphatic hydroxyl groups is 1. The second-order valence-corrected chi connectivity index (χ2v) is 9.07. The second kappa shape index (κ2) is 10.2. The fourth-order valence-electron chi connectivity index (χ4n) is 4.02. The molecule has 2 aliphatic heterocycles. The zero-order valence-electron chi connectivity index (χ0n) is 17.5. The van der Waals surface area contributed by atoms with Crippen molar-refractivity contribution in [3.05, 3.63) is 102 Å². The minimum atomic E-state index is -0.853. The standard InChI is InChI=1S/C26H26O5S/c27-22-23-21(17-29-25(31-23)19-12-6-2-7-13-19)30-26(32-20-14-8-3-9-15-20)24(22)28-16-18-10-4-1-5-11-18/h1-15,21-27H,16-17H2/t21-,22+,23-,24-,25?,26+/m1/s1. The van der Waals surface area contributed by atoms with Gasteiger partial charge in [-0.1, -0.05) is 90.6 Å². The molecule has 3 aromatic rings. The van der Waals surface area contributed by atoms with Gasteiger partial charge in [0.1, 0.15) is 29.9 Å². The highest BCUT2D eigenvalue weighted by Crippen LogP contribution is 2.40. The maximum absolute atomic E-state index is 11.4. The van der Waals surface area contributed by atoms with E-state index >= 15 is 0 Å². The summed E-state index contributed by atoms with van der Waals surface area (Å²) in [5.41, 5.74) is 1.57. The van der Waals surface area contributed by atoms with Gasteiger partial charge in [0.25, 0.3) is 0 Å². The smallest absolute Gasteiger partial charge is 0.184 e. The Labute approximate surface area is 192 Å². The van der Waals surface area contributed by atoms with Gasteiger partial charge < -0.3 is 24.1 Å². The summed E-state index contributed by atoms with van der Waals surface area (Å²) in [5, 5.41) is 11.4. The zero-order valence-corrected chi connectivity index (χ0v) is 18.3. The van der Waals surface area contributed by atoms with E-state index in [2.05, 4.69) is 0 Å². The summed E-state index contributed by atoms with van der Waals surface area (Å²) in [4.78, 5) is 1.05. The SMILES string of the molecule is O[C@@H]1[C@@H](OCc2ccccc2)[C@H](Sc2ccccc2)O[C@@H]2COC(c3ccccc3)O[C@@H]12. The predicted molar refractivity (Wildman–Crippen MR) is 122 cm³/mol. The van der Waals surface area contributed by atoms with Crippen molar-refractivity contribution in [3.8, 4) is 0 Å². The molecule has 0 amide bonds. The lowest BCUT2D eigenvalue weighted by atomic mass is 9.98. The first-order valence-electron chi connectivity index (χ1n) is 10.8. The first-order chi connectivity index (χ1) is 15.8. The molecular formula is C26H26O5S. The zero-order chi connectivity index (χ0) is 21.8. The molecule has 1 unspecified atom stereocenters. The number of hydrogen-bond acceptors (Lipinski definition) is 6. The van der Waals surface area contributed by atoms with Crippen LogP contribution in [0.2, 0.25) is 0 Å². The first-order valence-corrected chi connectivity index (χ1v) is 11.7. The monoisotopic (exact) mass is 450 g/mol. The summed E-state index contributed by atoms with van der Waals surface area (Å²) in [6.07, 6.45) is -2.86. The molecule has 0 saturated carbocycles. The number of fused-ring (bicyclic) bond motifs is 1. The summed E-state index contributed by atoms with van der Waals surface area (Å²) in [6.45, 7) is 0.728. The molecule has 0 spiro atoms. The Balaban J connectivity index is 1.35. The topological polar surface area (TPSA) is 57.2 Å². The van der Waals surface area contributed by atoms with Crippen LogP contribution in [0, 0.1) is 0 Å². The van der Waals surface area contributed by atoms with Gasteiger partial charge in [0.15, 0.2) is 6.29 Å². The van der Waals surface area contributed by atoms with Gasteiger partial charge in [0.2, 0.25) is 0 Å². The molecule has 5 rings (SSSR count). The van der Waals surface area contributed by atoms with Gasteiger partial charge >= 0.3 is 0 Å². The van der Waals surface area contributed by atoms with Crippen molar-refractivity contribution < 1.29 is 24.1 Å². The normalized spacial score (nSPS) is 29.9. The van der Waals surface area contributed by atoms with Crippen molar-refractivity contribution in [2.24, 2.45) is 0 Å². The third-order valence-corrected chi connectivity index (χ3v) is 6.82. The van der Waals surface area contributed by atoms with Crippen molar-refractivity contribution in [2.45, 2.75) is 47.6 Å². The van der Waals surface area contributed by atoms with E-state index in [0.717, 1.165) is 16.0 Å². The van der Waals surface area contributed by atoms with Gasteiger partial charge in [0, 0.05) is 10.5 Å². The van der Waals surface area contributed by atoms with Gasteiger partial charge in [-0.2, -0.15) is 0 Å². The Morgan fingerprint density at radius 2 is 1.50 bits per heavy atom. The average Bonchev–Trinajstić information content (AvgIpc) is 2.85. The highest BCUT2D eigenvalue weighted by Gasteiger charge is 2.50. The highest BCUT2D eigenvalue weighted by molar-refractivity contribution is 7.99. The molecule has 2 aliphatic rings. The molecule has 3 aromatic carbocycles. The van der Waals surface area contributed by atoms with Crippen molar-refractivity contribution in [1.29, 1.82) is 0 Å². The third kappa shape index (κ3) is 4.91. The Morgan fingerprint density at radius 3 is 2.22 bits per heavy atom. The fraction of sp³-hybridized carbons (Fsp3) is 0.308.